The van der Waals surface area contributed by atoms with Gasteiger partial charge >= 0.3 is 0 Å². The first-order valence-electron chi connectivity index (χ1n) is 5.84. The molecule has 19 heavy (non-hydrogen) atoms. The van der Waals surface area contributed by atoms with Crippen LogP contribution in [0, 0.1) is 10.1 Å². The fourth-order valence-electron chi connectivity index (χ4n) is 2.15. The van der Waals surface area contributed by atoms with Crippen LogP contribution in [0.25, 0.3) is 0 Å². The maximum Gasteiger partial charge on any atom is 0.271 e. The number of non-ortho nitro benzene ring substituents is 1. The van der Waals surface area contributed by atoms with Crippen LogP contribution in [0.2, 0.25) is 0 Å². The summed E-state index contributed by atoms with van der Waals surface area (Å²) in [5, 5.41) is 10.7. The summed E-state index contributed by atoms with van der Waals surface area (Å²) in [6.45, 7) is 1.55. The third-order valence-corrected chi connectivity index (χ3v) is 3.75. The predicted octanol–water partition coefficient (Wildman–Crippen LogP) is 0.507. The third kappa shape index (κ3) is 3.42. The molecule has 7 nitrogen and oxygen atoms in total. The van der Waals surface area contributed by atoms with Crippen molar-refractivity contribution in [1.29, 1.82) is 0 Å². The number of rotatable bonds is 5. The SMILES string of the molecule is CS(=O)(=O)NCCN1CCc2ccc([N+](=O)[O-])cc21. The van der Waals surface area contributed by atoms with E-state index in [0.717, 1.165) is 30.5 Å². The molecule has 8 heteroatoms. The van der Waals surface area contributed by atoms with Gasteiger partial charge in [-0.1, -0.05) is 6.07 Å². The number of anilines is 1. The predicted molar refractivity (Wildman–Crippen MR) is 71.9 cm³/mol. The van der Waals surface area contributed by atoms with Crippen molar-refractivity contribution < 1.29 is 13.3 Å². The van der Waals surface area contributed by atoms with Gasteiger partial charge in [0.1, 0.15) is 0 Å². The van der Waals surface area contributed by atoms with E-state index in [0.29, 0.717) is 13.1 Å². The second kappa shape index (κ2) is 5.14. The van der Waals surface area contributed by atoms with Crippen molar-refractivity contribution in [3.05, 3.63) is 33.9 Å². The summed E-state index contributed by atoms with van der Waals surface area (Å²) in [6, 6.07) is 4.80. The van der Waals surface area contributed by atoms with E-state index in [-0.39, 0.29) is 5.69 Å². The molecule has 1 N–H and O–H groups in total. The van der Waals surface area contributed by atoms with Crippen LogP contribution in [-0.2, 0) is 16.4 Å². The largest absolute Gasteiger partial charge is 0.369 e. The number of fused-ring (bicyclic) bond motifs is 1. The Balaban J connectivity index is 2.08. The van der Waals surface area contributed by atoms with Crippen molar-refractivity contribution in [1.82, 2.24) is 4.72 Å². The molecule has 104 valence electrons. The fraction of sp³-hybridized carbons (Fsp3) is 0.455. The Hall–Kier alpha value is -1.67. The quantitative estimate of drug-likeness (QED) is 0.628. The Bertz CT molecular complexity index is 600. The highest BCUT2D eigenvalue weighted by Gasteiger charge is 2.21. The minimum absolute atomic E-state index is 0.0572. The van der Waals surface area contributed by atoms with E-state index >= 15 is 0 Å². The van der Waals surface area contributed by atoms with E-state index in [9.17, 15) is 18.5 Å². The second-order valence-electron chi connectivity index (χ2n) is 4.47. The first kappa shape index (κ1) is 13.8. The van der Waals surface area contributed by atoms with Crippen LogP contribution >= 0.6 is 0 Å². The van der Waals surface area contributed by atoms with Crippen molar-refractivity contribution in [3.63, 3.8) is 0 Å². The summed E-state index contributed by atoms with van der Waals surface area (Å²) in [5.74, 6) is 0. The molecule has 0 radical (unpaired) electrons. The number of nitro benzene ring substituents is 1. The van der Waals surface area contributed by atoms with E-state index in [1.54, 1.807) is 12.1 Å². The van der Waals surface area contributed by atoms with Crippen LogP contribution in [0.3, 0.4) is 0 Å². The number of hydrogen-bond donors (Lipinski definition) is 1. The van der Waals surface area contributed by atoms with Crippen molar-refractivity contribution in [2.45, 2.75) is 6.42 Å². The van der Waals surface area contributed by atoms with Crippen molar-refractivity contribution in [2.24, 2.45) is 0 Å². The molecule has 1 aliphatic rings. The van der Waals surface area contributed by atoms with Gasteiger partial charge in [0, 0.05) is 37.5 Å². The van der Waals surface area contributed by atoms with Gasteiger partial charge in [-0.05, 0) is 12.0 Å². The summed E-state index contributed by atoms with van der Waals surface area (Å²) < 4.78 is 24.4. The number of hydrogen-bond acceptors (Lipinski definition) is 5. The lowest BCUT2D eigenvalue weighted by Crippen LogP contribution is -2.33. The van der Waals surface area contributed by atoms with E-state index in [2.05, 4.69) is 4.72 Å². The van der Waals surface area contributed by atoms with Crippen molar-refractivity contribution >= 4 is 21.4 Å². The Morgan fingerprint density at radius 1 is 1.47 bits per heavy atom. The normalized spacial score (nSPS) is 14.5. The monoisotopic (exact) mass is 285 g/mol. The molecule has 0 fully saturated rings. The molecule has 0 spiro atoms. The van der Waals surface area contributed by atoms with Gasteiger partial charge in [-0.15, -0.1) is 0 Å². The molecule has 0 bridgehead atoms. The molecule has 2 rings (SSSR count). The van der Waals surface area contributed by atoms with Crippen molar-refractivity contribution in [2.75, 3.05) is 30.8 Å². The molecule has 0 saturated heterocycles. The molecule has 0 atom stereocenters. The average molecular weight is 285 g/mol. The maximum absolute atomic E-state index is 11.0. The molecule has 0 unspecified atom stereocenters. The number of nitrogens with one attached hydrogen (secondary N) is 1. The summed E-state index contributed by atoms with van der Waals surface area (Å²) >= 11 is 0. The third-order valence-electron chi connectivity index (χ3n) is 3.02. The number of nitrogens with zero attached hydrogens (tertiary/aromatic N) is 2. The Morgan fingerprint density at radius 2 is 2.21 bits per heavy atom. The topological polar surface area (TPSA) is 92.6 Å². The minimum atomic E-state index is -3.20. The standard InChI is InChI=1S/C11H15N3O4S/c1-19(17,18)12-5-7-13-6-4-9-2-3-10(14(15)16)8-11(9)13/h2-3,8,12H,4-7H2,1H3. The van der Waals surface area contributed by atoms with Gasteiger partial charge in [-0.3, -0.25) is 10.1 Å². The lowest BCUT2D eigenvalue weighted by molar-refractivity contribution is -0.384. The second-order valence-corrected chi connectivity index (χ2v) is 6.31. The fourth-order valence-corrected chi connectivity index (χ4v) is 2.61. The van der Waals surface area contributed by atoms with Gasteiger partial charge in [-0.25, -0.2) is 13.1 Å². The first-order valence-corrected chi connectivity index (χ1v) is 7.73. The molecule has 0 aliphatic carbocycles. The number of nitro groups is 1. The first-order chi connectivity index (χ1) is 8.87. The minimum Gasteiger partial charge on any atom is -0.369 e. The van der Waals surface area contributed by atoms with Gasteiger partial charge in [0.25, 0.3) is 5.69 Å². The van der Waals surface area contributed by atoms with Gasteiger partial charge in [0.2, 0.25) is 10.0 Å². The molecule has 1 aromatic carbocycles. The number of benzene rings is 1. The molecule has 0 aromatic heterocycles. The Labute approximate surface area is 111 Å². The zero-order chi connectivity index (χ0) is 14.0. The van der Waals surface area contributed by atoms with Crippen LogP contribution in [0.15, 0.2) is 18.2 Å². The number of sulfonamides is 1. The van der Waals surface area contributed by atoms with Crippen LogP contribution in [0.1, 0.15) is 5.56 Å². The molecular weight excluding hydrogens is 270 g/mol. The Morgan fingerprint density at radius 3 is 2.84 bits per heavy atom. The van der Waals surface area contributed by atoms with Gasteiger partial charge in [0.05, 0.1) is 11.2 Å². The van der Waals surface area contributed by atoms with Gasteiger partial charge in [0.15, 0.2) is 0 Å². The summed E-state index contributed by atoms with van der Waals surface area (Å²) in [5.41, 5.74) is 1.94. The lowest BCUT2D eigenvalue weighted by Gasteiger charge is -2.19. The Kier molecular flexibility index (Phi) is 3.72. The van der Waals surface area contributed by atoms with Crippen LogP contribution in [0.4, 0.5) is 11.4 Å². The highest BCUT2D eigenvalue weighted by atomic mass is 32.2. The molecule has 1 aromatic rings. The molecule has 1 aliphatic heterocycles. The summed E-state index contributed by atoms with van der Waals surface area (Å²) in [4.78, 5) is 12.3. The molecule has 0 saturated carbocycles. The van der Waals surface area contributed by atoms with Gasteiger partial charge < -0.3 is 4.90 Å². The van der Waals surface area contributed by atoms with Crippen LogP contribution < -0.4 is 9.62 Å². The molecule has 0 amide bonds. The zero-order valence-corrected chi connectivity index (χ0v) is 11.3. The molecular formula is C11H15N3O4S. The van der Waals surface area contributed by atoms with Crippen LogP contribution in [-0.4, -0.2) is 39.2 Å². The van der Waals surface area contributed by atoms with Gasteiger partial charge in [-0.2, -0.15) is 0 Å². The average Bonchev–Trinajstić information content (AvgIpc) is 2.70. The highest BCUT2D eigenvalue weighted by molar-refractivity contribution is 7.88. The van der Waals surface area contributed by atoms with E-state index in [1.165, 1.54) is 6.07 Å². The lowest BCUT2D eigenvalue weighted by atomic mass is 10.1. The summed E-state index contributed by atoms with van der Waals surface area (Å²) in [7, 11) is -3.20. The van der Waals surface area contributed by atoms with Crippen molar-refractivity contribution in [3.8, 4) is 0 Å². The smallest absolute Gasteiger partial charge is 0.271 e. The van der Waals surface area contributed by atoms with E-state index in [1.807, 2.05) is 4.90 Å². The van der Waals surface area contributed by atoms with E-state index in [4.69, 9.17) is 0 Å². The summed E-state index contributed by atoms with van der Waals surface area (Å²) in [6.07, 6.45) is 1.93. The maximum atomic E-state index is 11.0. The highest BCUT2D eigenvalue weighted by Crippen LogP contribution is 2.31. The molecule has 1 heterocycles. The zero-order valence-electron chi connectivity index (χ0n) is 10.5. The van der Waals surface area contributed by atoms with Crippen LogP contribution in [0.5, 0.6) is 0 Å². The van der Waals surface area contributed by atoms with E-state index < -0.39 is 14.9 Å².